The third-order valence-electron chi connectivity index (χ3n) is 2.59. The summed E-state index contributed by atoms with van der Waals surface area (Å²) in [5.41, 5.74) is -0.113. The van der Waals surface area contributed by atoms with Gasteiger partial charge in [0.15, 0.2) is 0 Å². The van der Waals surface area contributed by atoms with E-state index in [0.29, 0.717) is 10.2 Å². The molecule has 0 unspecified atom stereocenters. The van der Waals surface area contributed by atoms with Crippen molar-refractivity contribution in [3.05, 3.63) is 34.1 Å². The number of aliphatic carboxylic acids is 1. The van der Waals surface area contributed by atoms with Gasteiger partial charge in [-0.3, -0.25) is 4.79 Å². The predicted molar refractivity (Wildman–Crippen MR) is 69.0 cm³/mol. The molecule has 0 bridgehead atoms. The molecule has 1 heterocycles. The summed E-state index contributed by atoms with van der Waals surface area (Å²) in [5.74, 6) is -1.71. The van der Waals surface area contributed by atoms with Gasteiger partial charge >= 0.3 is 5.97 Å². The van der Waals surface area contributed by atoms with E-state index in [0.717, 1.165) is 0 Å². The van der Waals surface area contributed by atoms with Gasteiger partial charge in [0.05, 0.1) is 11.4 Å². The standard InChI is InChI=1S/C11H9BrFNO3S/c12-6-1-2-8(13)7(3-6)10(15)14-5-18-4-9(14)11(16)17/h1-3,9H,4-5H2,(H,16,17)/t9-/m0/s1. The first-order chi connectivity index (χ1) is 8.50. The first-order valence-electron chi connectivity index (χ1n) is 5.07. The fourth-order valence-corrected chi connectivity index (χ4v) is 3.17. The number of carboxylic acids is 1. The molecule has 1 aromatic carbocycles. The zero-order valence-electron chi connectivity index (χ0n) is 9.10. The minimum absolute atomic E-state index is 0.113. The largest absolute Gasteiger partial charge is 0.480 e. The lowest BCUT2D eigenvalue weighted by molar-refractivity contribution is -0.140. The second kappa shape index (κ2) is 5.27. The van der Waals surface area contributed by atoms with E-state index < -0.39 is 23.7 Å². The summed E-state index contributed by atoms with van der Waals surface area (Å²) >= 11 is 4.50. The number of carbonyl (C=O) groups excluding carboxylic acids is 1. The molecule has 1 saturated heterocycles. The van der Waals surface area contributed by atoms with Crippen molar-refractivity contribution in [1.29, 1.82) is 0 Å². The van der Waals surface area contributed by atoms with Gasteiger partial charge in [-0.05, 0) is 18.2 Å². The van der Waals surface area contributed by atoms with Gasteiger partial charge in [-0.25, -0.2) is 9.18 Å². The molecule has 1 aliphatic heterocycles. The summed E-state index contributed by atoms with van der Waals surface area (Å²) in [7, 11) is 0. The number of thioether (sulfide) groups is 1. The normalized spacial score (nSPS) is 19.0. The highest BCUT2D eigenvalue weighted by Gasteiger charge is 2.35. The molecule has 1 N–H and O–H groups in total. The van der Waals surface area contributed by atoms with Gasteiger partial charge in [0.2, 0.25) is 0 Å². The molecule has 0 aromatic heterocycles. The molecule has 1 atom stereocenters. The maximum atomic E-state index is 13.6. The molecule has 96 valence electrons. The van der Waals surface area contributed by atoms with Crippen LogP contribution in [0.5, 0.6) is 0 Å². The van der Waals surface area contributed by atoms with E-state index in [9.17, 15) is 14.0 Å². The molecule has 1 fully saturated rings. The molecule has 2 rings (SSSR count). The fourth-order valence-electron chi connectivity index (χ4n) is 1.66. The molecule has 7 heteroatoms. The van der Waals surface area contributed by atoms with Crippen LogP contribution in [0.15, 0.2) is 22.7 Å². The minimum atomic E-state index is -1.07. The zero-order valence-corrected chi connectivity index (χ0v) is 11.5. The second-order valence-corrected chi connectivity index (χ2v) is 5.67. The van der Waals surface area contributed by atoms with Crippen LogP contribution < -0.4 is 0 Å². The Morgan fingerprint density at radius 1 is 1.50 bits per heavy atom. The van der Waals surface area contributed by atoms with Crippen molar-refractivity contribution in [2.24, 2.45) is 0 Å². The first kappa shape index (κ1) is 13.4. The number of hydrogen-bond acceptors (Lipinski definition) is 3. The van der Waals surface area contributed by atoms with Gasteiger partial charge in [0.25, 0.3) is 5.91 Å². The average Bonchev–Trinajstić information content (AvgIpc) is 2.80. The zero-order chi connectivity index (χ0) is 13.3. The highest BCUT2D eigenvalue weighted by Crippen LogP contribution is 2.25. The van der Waals surface area contributed by atoms with Crippen LogP contribution in [0.3, 0.4) is 0 Å². The van der Waals surface area contributed by atoms with E-state index in [1.165, 1.54) is 34.9 Å². The number of carbonyl (C=O) groups is 2. The summed E-state index contributed by atoms with van der Waals surface area (Å²) in [5, 5.41) is 8.99. The van der Waals surface area contributed by atoms with Crippen molar-refractivity contribution in [2.45, 2.75) is 6.04 Å². The molecule has 18 heavy (non-hydrogen) atoms. The highest BCUT2D eigenvalue weighted by atomic mass is 79.9. The minimum Gasteiger partial charge on any atom is -0.480 e. The average molecular weight is 334 g/mol. The topological polar surface area (TPSA) is 57.6 Å². The number of halogens is 2. The van der Waals surface area contributed by atoms with Crippen molar-refractivity contribution in [3.8, 4) is 0 Å². The Hall–Kier alpha value is -1.08. The molecule has 0 saturated carbocycles. The van der Waals surface area contributed by atoms with E-state index in [2.05, 4.69) is 15.9 Å². The van der Waals surface area contributed by atoms with Crippen LogP contribution in [0.25, 0.3) is 0 Å². The number of amides is 1. The van der Waals surface area contributed by atoms with Crippen LogP contribution in [0.4, 0.5) is 4.39 Å². The van der Waals surface area contributed by atoms with Crippen molar-refractivity contribution < 1.29 is 19.1 Å². The van der Waals surface area contributed by atoms with Crippen LogP contribution in [0.1, 0.15) is 10.4 Å². The molecular weight excluding hydrogens is 325 g/mol. The van der Waals surface area contributed by atoms with Crippen LogP contribution >= 0.6 is 27.7 Å². The van der Waals surface area contributed by atoms with Crippen LogP contribution in [0, 0.1) is 5.82 Å². The molecule has 1 aromatic rings. The molecule has 0 aliphatic carbocycles. The number of carboxylic acid groups (broad SMARTS) is 1. The van der Waals surface area contributed by atoms with Crippen molar-refractivity contribution in [1.82, 2.24) is 4.90 Å². The molecule has 4 nitrogen and oxygen atoms in total. The summed E-state index contributed by atoms with van der Waals surface area (Å²) in [4.78, 5) is 24.3. The molecular formula is C11H9BrFNO3S. The third kappa shape index (κ3) is 2.51. The van der Waals surface area contributed by atoms with Crippen molar-refractivity contribution >= 4 is 39.6 Å². The highest BCUT2D eigenvalue weighted by molar-refractivity contribution is 9.10. The Bertz CT molecular complexity index is 511. The molecule has 1 amide bonds. The van der Waals surface area contributed by atoms with Crippen LogP contribution in [-0.2, 0) is 4.79 Å². The van der Waals surface area contributed by atoms with E-state index in [1.54, 1.807) is 0 Å². The lowest BCUT2D eigenvalue weighted by atomic mass is 10.1. The maximum absolute atomic E-state index is 13.6. The van der Waals surface area contributed by atoms with Crippen molar-refractivity contribution in [3.63, 3.8) is 0 Å². The molecule has 1 aliphatic rings. The van der Waals surface area contributed by atoms with Gasteiger partial charge in [-0.15, -0.1) is 11.8 Å². The molecule has 0 spiro atoms. The number of hydrogen-bond donors (Lipinski definition) is 1. The number of rotatable bonds is 2. The SMILES string of the molecule is O=C(O)[C@@H]1CSCN1C(=O)c1cc(Br)ccc1F. The van der Waals surface area contributed by atoms with Gasteiger partial charge in [0.1, 0.15) is 11.9 Å². The first-order valence-corrected chi connectivity index (χ1v) is 7.02. The lowest BCUT2D eigenvalue weighted by Gasteiger charge is -2.20. The summed E-state index contributed by atoms with van der Waals surface area (Å²) in [6.45, 7) is 0. The Morgan fingerprint density at radius 2 is 2.22 bits per heavy atom. The van der Waals surface area contributed by atoms with E-state index in [-0.39, 0.29) is 11.4 Å². The Balaban J connectivity index is 2.31. The van der Waals surface area contributed by atoms with E-state index >= 15 is 0 Å². The molecule has 0 radical (unpaired) electrons. The van der Waals surface area contributed by atoms with Gasteiger partial charge < -0.3 is 10.0 Å². The van der Waals surface area contributed by atoms with E-state index in [1.807, 2.05) is 0 Å². The second-order valence-electron chi connectivity index (χ2n) is 3.75. The van der Waals surface area contributed by atoms with Gasteiger partial charge in [0, 0.05) is 10.2 Å². The monoisotopic (exact) mass is 333 g/mol. The lowest BCUT2D eigenvalue weighted by Crippen LogP contribution is -2.42. The predicted octanol–water partition coefficient (Wildman–Crippen LogP) is 2.19. The van der Waals surface area contributed by atoms with Gasteiger partial charge in [-0.1, -0.05) is 15.9 Å². The van der Waals surface area contributed by atoms with Crippen LogP contribution in [0.2, 0.25) is 0 Å². The Morgan fingerprint density at radius 3 is 2.89 bits per heavy atom. The van der Waals surface area contributed by atoms with Crippen molar-refractivity contribution in [2.75, 3.05) is 11.6 Å². The quantitative estimate of drug-likeness (QED) is 0.901. The number of nitrogens with zero attached hydrogens (tertiary/aromatic N) is 1. The smallest absolute Gasteiger partial charge is 0.327 e. The number of benzene rings is 1. The Labute approximate surface area is 115 Å². The summed E-state index contributed by atoms with van der Waals surface area (Å²) in [6, 6.07) is 3.14. The third-order valence-corrected chi connectivity index (χ3v) is 4.09. The summed E-state index contributed by atoms with van der Waals surface area (Å²) in [6.07, 6.45) is 0. The fraction of sp³-hybridized carbons (Fsp3) is 0.273. The maximum Gasteiger partial charge on any atom is 0.327 e. The Kier molecular flexibility index (Phi) is 3.91. The van der Waals surface area contributed by atoms with E-state index in [4.69, 9.17) is 5.11 Å². The van der Waals surface area contributed by atoms with Gasteiger partial charge in [-0.2, -0.15) is 0 Å². The van der Waals surface area contributed by atoms with Crippen LogP contribution in [-0.4, -0.2) is 39.6 Å². The summed E-state index contributed by atoms with van der Waals surface area (Å²) < 4.78 is 14.2.